The van der Waals surface area contributed by atoms with Crippen molar-refractivity contribution in [2.24, 2.45) is 5.41 Å². The summed E-state index contributed by atoms with van der Waals surface area (Å²) in [5.74, 6) is -0.119. The van der Waals surface area contributed by atoms with Crippen LogP contribution in [0.25, 0.3) is 0 Å². The minimum Gasteiger partial charge on any atom is -0.463 e. The number of hydrogen-bond donors (Lipinski definition) is 1. The predicted molar refractivity (Wildman–Crippen MR) is 72.0 cm³/mol. The summed E-state index contributed by atoms with van der Waals surface area (Å²) in [5.41, 5.74) is -0.538. The van der Waals surface area contributed by atoms with Gasteiger partial charge in [-0.05, 0) is 48.0 Å². The van der Waals surface area contributed by atoms with Crippen molar-refractivity contribution in [1.82, 2.24) is 5.32 Å². The molecule has 0 aliphatic heterocycles. The minimum atomic E-state index is -0.463. The van der Waals surface area contributed by atoms with E-state index in [1.54, 1.807) is 0 Å². The highest BCUT2D eigenvalue weighted by molar-refractivity contribution is 5.76. The van der Waals surface area contributed by atoms with Crippen LogP contribution in [0.2, 0.25) is 0 Å². The Bertz CT molecular complexity index is 255. The average molecular weight is 243 g/mol. The van der Waals surface area contributed by atoms with Gasteiger partial charge in [-0.1, -0.05) is 13.8 Å². The summed E-state index contributed by atoms with van der Waals surface area (Å²) >= 11 is 0. The van der Waals surface area contributed by atoms with Crippen LogP contribution in [0.1, 0.15) is 61.8 Å². The van der Waals surface area contributed by atoms with Crippen molar-refractivity contribution in [3.05, 3.63) is 0 Å². The second-order valence-electron chi connectivity index (χ2n) is 6.70. The second kappa shape index (κ2) is 5.85. The Morgan fingerprint density at radius 1 is 1.12 bits per heavy atom. The molecule has 0 bridgehead atoms. The molecule has 0 aromatic heterocycles. The first-order chi connectivity index (χ1) is 7.46. The Balaban J connectivity index is 4.57. The molecule has 0 saturated carbocycles. The maximum Gasteiger partial charge on any atom is 0.311 e. The SMILES string of the molecule is CC(C)NC(C)(C)CC(C)(C)C(=O)OC(C)C. The van der Waals surface area contributed by atoms with E-state index in [2.05, 4.69) is 33.0 Å². The first kappa shape index (κ1) is 16.4. The molecule has 0 radical (unpaired) electrons. The van der Waals surface area contributed by atoms with E-state index in [0.717, 1.165) is 6.42 Å². The quantitative estimate of drug-likeness (QED) is 0.728. The van der Waals surface area contributed by atoms with E-state index in [-0.39, 0.29) is 17.6 Å². The smallest absolute Gasteiger partial charge is 0.311 e. The van der Waals surface area contributed by atoms with Gasteiger partial charge in [0, 0.05) is 11.6 Å². The fourth-order valence-corrected chi connectivity index (χ4v) is 2.38. The largest absolute Gasteiger partial charge is 0.463 e. The Kier molecular flexibility index (Phi) is 5.66. The lowest BCUT2D eigenvalue weighted by molar-refractivity contribution is -0.159. The molecule has 1 N–H and O–H groups in total. The van der Waals surface area contributed by atoms with Crippen LogP contribution in [-0.2, 0) is 9.53 Å². The zero-order valence-electron chi connectivity index (χ0n) is 12.7. The molecule has 0 aromatic carbocycles. The van der Waals surface area contributed by atoms with Gasteiger partial charge in [-0.2, -0.15) is 0 Å². The molecule has 0 unspecified atom stereocenters. The summed E-state index contributed by atoms with van der Waals surface area (Å²) in [5, 5.41) is 3.48. The Morgan fingerprint density at radius 3 is 1.94 bits per heavy atom. The van der Waals surface area contributed by atoms with Crippen molar-refractivity contribution >= 4 is 5.97 Å². The van der Waals surface area contributed by atoms with Gasteiger partial charge in [-0.15, -0.1) is 0 Å². The van der Waals surface area contributed by atoms with Crippen LogP contribution in [0.4, 0.5) is 0 Å². The van der Waals surface area contributed by atoms with Gasteiger partial charge >= 0.3 is 5.97 Å². The predicted octanol–water partition coefficient (Wildman–Crippen LogP) is 3.13. The molecule has 0 heterocycles. The summed E-state index contributed by atoms with van der Waals surface area (Å²) in [6.45, 7) is 16.1. The molecule has 0 amide bonds. The van der Waals surface area contributed by atoms with Gasteiger partial charge in [-0.3, -0.25) is 4.79 Å². The molecule has 0 rings (SSSR count). The van der Waals surface area contributed by atoms with Crippen LogP contribution in [0.15, 0.2) is 0 Å². The number of ether oxygens (including phenoxy) is 1. The Labute approximate surface area is 106 Å². The molecular weight excluding hydrogens is 214 g/mol. The summed E-state index contributed by atoms with van der Waals surface area (Å²) < 4.78 is 5.30. The number of hydrogen-bond acceptors (Lipinski definition) is 3. The molecule has 0 aliphatic carbocycles. The summed E-state index contributed by atoms with van der Waals surface area (Å²) in [6, 6.07) is 0.405. The lowest BCUT2D eigenvalue weighted by Gasteiger charge is -2.36. The second-order valence-corrected chi connectivity index (χ2v) is 6.70. The highest BCUT2D eigenvalue weighted by atomic mass is 16.5. The van der Waals surface area contributed by atoms with Gasteiger partial charge in [0.2, 0.25) is 0 Å². The van der Waals surface area contributed by atoms with Crippen molar-refractivity contribution in [3.63, 3.8) is 0 Å². The highest BCUT2D eigenvalue weighted by Crippen LogP contribution is 2.30. The summed E-state index contributed by atoms with van der Waals surface area (Å²) in [4.78, 5) is 12.0. The van der Waals surface area contributed by atoms with Crippen molar-refractivity contribution in [2.75, 3.05) is 0 Å². The zero-order chi connectivity index (χ0) is 13.9. The first-order valence-electron chi connectivity index (χ1n) is 6.45. The van der Waals surface area contributed by atoms with Crippen LogP contribution >= 0.6 is 0 Å². The van der Waals surface area contributed by atoms with Gasteiger partial charge < -0.3 is 10.1 Å². The lowest BCUT2D eigenvalue weighted by Crippen LogP contribution is -2.48. The number of carbonyl (C=O) groups is 1. The van der Waals surface area contributed by atoms with E-state index in [1.165, 1.54) is 0 Å². The fraction of sp³-hybridized carbons (Fsp3) is 0.929. The molecule has 0 aliphatic rings. The van der Waals surface area contributed by atoms with Crippen molar-refractivity contribution in [2.45, 2.75) is 79.5 Å². The molecular formula is C14H29NO2. The van der Waals surface area contributed by atoms with E-state index < -0.39 is 5.41 Å². The van der Waals surface area contributed by atoms with E-state index in [9.17, 15) is 4.79 Å². The summed E-state index contributed by atoms with van der Waals surface area (Å²) in [7, 11) is 0. The standard InChI is InChI=1S/C14H29NO2/c1-10(2)15-14(7,8)9-13(5,6)12(16)17-11(3)4/h10-11,15H,9H2,1-8H3. The number of rotatable bonds is 6. The van der Waals surface area contributed by atoms with Crippen molar-refractivity contribution < 1.29 is 9.53 Å². The first-order valence-corrected chi connectivity index (χ1v) is 6.45. The molecule has 0 aromatic rings. The third kappa shape index (κ3) is 6.67. The maximum atomic E-state index is 12.0. The molecule has 3 heteroatoms. The van der Waals surface area contributed by atoms with E-state index >= 15 is 0 Å². The normalized spacial score (nSPS) is 13.3. The van der Waals surface area contributed by atoms with Gasteiger partial charge in [0.15, 0.2) is 0 Å². The monoisotopic (exact) mass is 243 g/mol. The third-order valence-corrected chi connectivity index (χ3v) is 2.46. The van der Waals surface area contributed by atoms with Crippen molar-refractivity contribution in [3.8, 4) is 0 Å². The van der Waals surface area contributed by atoms with Crippen LogP contribution in [0.3, 0.4) is 0 Å². The van der Waals surface area contributed by atoms with E-state index in [0.29, 0.717) is 6.04 Å². The minimum absolute atomic E-state index is 0.0528. The van der Waals surface area contributed by atoms with Crippen LogP contribution in [0.5, 0.6) is 0 Å². The van der Waals surface area contributed by atoms with E-state index in [1.807, 2.05) is 27.7 Å². The molecule has 0 spiro atoms. The van der Waals surface area contributed by atoms with Gasteiger partial charge in [0.1, 0.15) is 0 Å². The third-order valence-electron chi connectivity index (χ3n) is 2.46. The topological polar surface area (TPSA) is 38.3 Å². The van der Waals surface area contributed by atoms with Crippen LogP contribution < -0.4 is 5.32 Å². The fourth-order valence-electron chi connectivity index (χ4n) is 2.38. The van der Waals surface area contributed by atoms with Crippen molar-refractivity contribution in [1.29, 1.82) is 0 Å². The molecule has 0 fully saturated rings. The maximum absolute atomic E-state index is 12.0. The molecule has 3 nitrogen and oxygen atoms in total. The Hall–Kier alpha value is -0.570. The number of esters is 1. The van der Waals surface area contributed by atoms with Gasteiger partial charge in [0.25, 0.3) is 0 Å². The highest BCUT2D eigenvalue weighted by Gasteiger charge is 2.36. The van der Waals surface area contributed by atoms with Gasteiger partial charge in [-0.25, -0.2) is 0 Å². The number of carbonyl (C=O) groups excluding carboxylic acids is 1. The van der Waals surface area contributed by atoms with Crippen LogP contribution in [0, 0.1) is 5.41 Å². The molecule has 0 atom stereocenters. The molecule has 102 valence electrons. The molecule has 17 heavy (non-hydrogen) atoms. The van der Waals surface area contributed by atoms with E-state index in [4.69, 9.17) is 4.74 Å². The van der Waals surface area contributed by atoms with Crippen LogP contribution in [-0.4, -0.2) is 23.7 Å². The average Bonchev–Trinajstić information content (AvgIpc) is 1.96. The number of nitrogens with one attached hydrogen (secondary N) is 1. The van der Waals surface area contributed by atoms with Gasteiger partial charge in [0.05, 0.1) is 11.5 Å². The zero-order valence-corrected chi connectivity index (χ0v) is 12.7. The lowest BCUT2D eigenvalue weighted by atomic mass is 9.79. The molecule has 0 saturated heterocycles. The Morgan fingerprint density at radius 2 is 1.59 bits per heavy atom. The summed E-state index contributed by atoms with van der Waals surface area (Å²) in [6.07, 6.45) is 0.701.